The van der Waals surface area contributed by atoms with Gasteiger partial charge in [0.15, 0.2) is 0 Å². The first-order valence-corrected chi connectivity index (χ1v) is 10.4. The number of hydrogen-bond donors (Lipinski definition) is 0. The Kier molecular flexibility index (Phi) is 4.71. The van der Waals surface area contributed by atoms with Crippen molar-refractivity contribution in [3.8, 4) is 5.69 Å². The normalized spacial score (nSPS) is 19.6. The van der Waals surface area contributed by atoms with Crippen LogP contribution in [0.25, 0.3) is 5.69 Å². The summed E-state index contributed by atoms with van der Waals surface area (Å²) >= 11 is 0. The van der Waals surface area contributed by atoms with E-state index in [1.54, 1.807) is 5.82 Å². The summed E-state index contributed by atoms with van der Waals surface area (Å²) < 4.78 is 5.40. The summed E-state index contributed by atoms with van der Waals surface area (Å²) in [6, 6.07) is 9.64. The number of nitrogens with zero attached hydrogens (tertiary/aromatic N) is 2. The van der Waals surface area contributed by atoms with Gasteiger partial charge in [0, 0.05) is 13.8 Å². The molecule has 2 aliphatic carbocycles. The molecule has 0 saturated heterocycles. The number of hydrogen-bond acceptors (Lipinski definition) is 0. The van der Waals surface area contributed by atoms with E-state index in [4.69, 9.17) is 0 Å². The lowest BCUT2D eigenvalue weighted by Gasteiger charge is -2.23. The number of imidazole rings is 1. The first kappa shape index (κ1) is 16.9. The molecule has 1 aromatic heterocycles. The Labute approximate surface area is 152 Å². The first-order chi connectivity index (χ1) is 12.2. The molecule has 0 amide bonds. The maximum absolute atomic E-state index is 2.77. The Morgan fingerprint density at radius 1 is 0.840 bits per heavy atom. The predicted molar refractivity (Wildman–Crippen MR) is 104 cm³/mol. The zero-order chi connectivity index (χ0) is 17.4. The minimum absolute atomic E-state index is 0.716. The third-order valence-electron chi connectivity index (χ3n) is 6.71. The third-order valence-corrected chi connectivity index (χ3v) is 6.71. The molecule has 0 radical (unpaired) electrons. The van der Waals surface area contributed by atoms with Gasteiger partial charge in [-0.1, -0.05) is 37.5 Å². The second-order valence-electron chi connectivity index (χ2n) is 8.29. The van der Waals surface area contributed by atoms with Gasteiger partial charge in [-0.25, -0.2) is 4.57 Å². The fourth-order valence-electron chi connectivity index (χ4n) is 5.27. The average Bonchev–Trinajstić information content (AvgIpc) is 3.24. The molecule has 0 atom stereocenters. The molecular weight excluding hydrogens is 304 g/mol. The van der Waals surface area contributed by atoms with E-state index in [9.17, 15) is 0 Å². The van der Waals surface area contributed by atoms with Crippen molar-refractivity contribution in [2.75, 3.05) is 0 Å². The van der Waals surface area contributed by atoms with E-state index < -0.39 is 0 Å². The topological polar surface area (TPSA) is 8.81 Å². The molecule has 2 aliphatic rings. The van der Waals surface area contributed by atoms with Crippen molar-refractivity contribution in [3.05, 3.63) is 47.0 Å². The second kappa shape index (κ2) is 6.97. The van der Waals surface area contributed by atoms with E-state index in [1.165, 1.54) is 80.4 Å². The Morgan fingerprint density at radius 3 is 2.16 bits per heavy atom. The summed E-state index contributed by atoms with van der Waals surface area (Å²) in [5, 5.41) is 0. The fourth-order valence-corrected chi connectivity index (χ4v) is 5.27. The lowest BCUT2D eigenvalue weighted by atomic mass is 9.94. The van der Waals surface area contributed by atoms with E-state index >= 15 is 0 Å². The molecule has 2 saturated carbocycles. The molecule has 0 unspecified atom stereocenters. The van der Waals surface area contributed by atoms with Crippen LogP contribution in [0, 0.1) is 20.8 Å². The maximum Gasteiger partial charge on any atom is 0.265 e. The lowest BCUT2D eigenvalue weighted by Crippen LogP contribution is -2.46. The van der Waals surface area contributed by atoms with Gasteiger partial charge in [-0.05, 0) is 57.1 Å². The van der Waals surface area contributed by atoms with Crippen LogP contribution >= 0.6 is 0 Å². The summed E-state index contributed by atoms with van der Waals surface area (Å²) in [5.74, 6) is 2.34. The van der Waals surface area contributed by atoms with E-state index in [0.717, 1.165) is 5.92 Å². The molecule has 134 valence electrons. The van der Waals surface area contributed by atoms with Gasteiger partial charge in [0.25, 0.3) is 5.82 Å². The van der Waals surface area contributed by atoms with Crippen LogP contribution in [-0.4, -0.2) is 4.57 Å². The van der Waals surface area contributed by atoms with Gasteiger partial charge in [-0.3, -0.25) is 0 Å². The van der Waals surface area contributed by atoms with Gasteiger partial charge in [0.2, 0.25) is 0 Å². The minimum Gasteiger partial charge on any atom is -0.228 e. The van der Waals surface area contributed by atoms with Crippen LogP contribution in [0.5, 0.6) is 0 Å². The van der Waals surface area contributed by atoms with Gasteiger partial charge < -0.3 is 0 Å². The molecule has 4 rings (SSSR count). The van der Waals surface area contributed by atoms with Gasteiger partial charge in [-0.15, -0.1) is 0 Å². The lowest BCUT2D eigenvalue weighted by molar-refractivity contribution is -0.738. The van der Waals surface area contributed by atoms with E-state index in [-0.39, 0.29) is 0 Å². The number of aromatic nitrogens is 2. The highest BCUT2D eigenvalue weighted by atomic mass is 15.2. The standard InChI is InChI=1S/C23H33N2/c1-17-11-7-10-16-22(17)25-19(3)18(2)24(21-14-5-4-6-15-21)23(25)20-12-8-9-13-20/h7,10-11,16,20-21H,4-6,8-9,12-15H2,1-3H3/q+1. The van der Waals surface area contributed by atoms with Crippen LogP contribution in [-0.2, 0) is 0 Å². The maximum atomic E-state index is 2.77. The molecule has 0 bridgehead atoms. The molecule has 2 fully saturated rings. The Balaban J connectivity index is 1.92. The third kappa shape index (κ3) is 2.94. The van der Waals surface area contributed by atoms with Crippen molar-refractivity contribution >= 4 is 0 Å². The van der Waals surface area contributed by atoms with E-state index in [1.807, 2.05) is 0 Å². The van der Waals surface area contributed by atoms with Gasteiger partial charge in [0.1, 0.15) is 23.1 Å². The zero-order valence-electron chi connectivity index (χ0n) is 16.2. The highest BCUT2D eigenvalue weighted by Crippen LogP contribution is 2.37. The number of para-hydroxylation sites is 1. The zero-order valence-corrected chi connectivity index (χ0v) is 16.2. The second-order valence-corrected chi connectivity index (χ2v) is 8.29. The highest BCUT2D eigenvalue weighted by Gasteiger charge is 2.38. The van der Waals surface area contributed by atoms with E-state index in [2.05, 4.69) is 54.2 Å². The smallest absolute Gasteiger partial charge is 0.228 e. The Hall–Kier alpha value is -1.57. The van der Waals surface area contributed by atoms with Gasteiger partial charge >= 0.3 is 0 Å². The van der Waals surface area contributed by atoms with Crippen LogP contribution in [0.1, 0.15) is 92.5 Å². The van der Waals surface area contributed by atoms with E-state index in [0.29, 0.717) is 6.04 Å². The van der Waals surface area contributed by atoms with Crippen molar-refractivity contribution in [1.82, 2.24) is 4.57 Å². The molecule has 25 heavy (non-hydrogen) atoms. The van der Waals surface area contributed by atoms with Crippen LogP contribution < -0.4 is 4.57 Å². The minimum atomic E-state index is 0.716. The van der Waals surface area contributed by atoms with Crippen molar-refractivity contribution in [2.24, 2.45) is 0 Å². The summed E-state index contributed by atoms with van der Waals surface area (Å²) in [5.41, 5.74) is 5.72. The molecule has 0 N–H and O–H groups in total. The van der Waals surface area contributed by atoms with Crippen molar-refractivity contribution in [2.45, 2.75) is 90.5 Å². The van der Waals surface area contributed by atoms with Crippen molar-refractivity contribution < 1.29 is 4.57 Å². The predicted octanol–water partition coefficient (Wildman–Crippen LogP) is 5.85. The monoisotopic (exact) mass is 337 g/mol. The van der Waals surface area contributed by atoms with Gasteiger partial charge in [0.05, 0.1) is 5.92 Å². The van der Waals surface area contributed by atoms with Crippen molar-refractivity contribution in [3.63, 3.8) is 0 Å². The molecule has 1 aromatic carbocycles. The Bertz CT molecular complexity index is 744. The molecule has 0 spiro atoms. The van der Waals surface area contributed by atoms with Crippen LogP contribution in [0.4, 0.5) is 0 Å². The summed E-state index contributed by atoms with van der Waals surface area (Å²) in [6.45, 7) is 6.95. The molecule has 2 nitrogen and oxygen atoms in total. The molecular formula is C23H33N2+. The molecule has 2 heteroatoms. The number of aryl methyl sites for hydroxylation is 1. The summed E-state index contributed by atoms with van der Waals surface area (Å²) in [7, 11) is 0. The molecule has 2 aromatic rings. The summed E-state index contributed by atoms with van der Waals surface area (Å²) in [4.78, 5) is 0. The Morgan fingerprint density at radius 2 is 1.48 bits per heavy atom. The number of benzene rings is 1. The fraction of sp³-hybridized carbons (Fsp3) is 0.609. The summed E-state index contributed by atoms with van der Waals surface area (Å²) in [6.07, 6.45) is 12.5. The van der Waals surface area contributed by atoms with Crippen LogP contribution in [0.3, 0.4) is 0 Å². The number of rotatable bonds is 3. The van der Waals surface area contributed by atoms with Crippen LogP contribution in [0.15, 0.2) is 24.3 Å². The van der Waals surface area contributed by atoms with Crippen molar-refractivity contribution in [1.29, 1.82) is 0 Å². The highest BCUT2D eigenvalue weighted by molar-refractivity contribution is 5.43. The molecule has 1 heterocycles. The molecule has 0 aliphatic heterocycles. The largest absolute Gasteiger partial charge is 0.265 e. The van der Waals surface area contributed by atoms with Crippen LogP contribution in [0.2, 0.25) is 0 Å². The quantitative estimate of drug-likeness (QED) is 0.621. The van der Waals surface area contributed by atoms with Gasteiger partial charge in [-0.2, -0.15) is 4.57 Å². The SMILES string of the molecule is Cc1ccccc1-n1c(C)c(C)[n+](C2CCCCC2)c1C1CCCC1. The first-order valence-electron chi connectivity index (χ1n) is 10.4. The average molecular weight is 338 g/mol.